The third-order valence-corrected chi connectivity index (χ3v) is 3.21. The second-order valence-electron chi connectivity index (χ2n) is 2.93. The Morgan fingerprint density at radius 2 is 1.50 bits per heavy atom. The smallest absolute Gasteiger partial charge is 0.240 e. The minimum absolute atomic E-state index is 0.0379. The van der Waals surface area contributed by atoms with Crippen LogP contribution >= 0.6 is 0 Å². The van der Waals surface area contributed by atoms with Crippen molar-refractivity contribution in [1.29, 1.82) is 0 Å². The lowest BCUT2D eigenvalue weighted by Crippen LogP contribution is -2.26. The Morgan fingerprint density at radius 1 is 1.06 bits per heavy atom. The molecule has 0 spiro atoms. The lowest BCUT2D eigenvalue weighted by Gasteiger charge is -2.04. The highest BCUT2D eigenvalue weighted by molar-refractivity contribution is 7.89. The van der Waals surface area contributed by atoms with E-state index in [0.29, 0.717) is 0 Å². The van der Waals surface area contributed by atoms with Crippen LogP contribution < -0.4 is 4.72 Å². The highest BCUT2D eigenvalue weighted by Gasteiger charge is 2.11. The number of benzene rings is 1. The predicted molar refractivity (Wildman–Crippen MR) is 76.1 cm³/mol. The van der Waals surface area contributed by atoms with Crippen LogP contribution in [-0.2, 0) is 10.0 Å². The summed E-state index contributed by atoms with van der Waals surface area (Å²) in [5, 5.41) is 8.49. The summed E-state index contributed by atoms with van der Waals surface area (Å²) in [4.78, 5) is 0.219. The van der Waals surface area contributed by atoms with Crippen molar-refractivity contribution in [2.45, 2.75) is 39.5 Å². The number of rotatable bonds is 4. The first-order chi connectivity index (χ1) is 8.56. The lowest BCUT2D eigenvalue weighted by molar-refractivity contribution is 0.301. The summed E-state index contributed by atoms with van der Waals surface area (Å²) in [6.45, 7) is 9.72. The Kier molecular flexibility index (Phi) is 12.1. The van der Waals surface area contributed by atoms with Gasteiger partial charge in [0.1, 0.15) is 0 Å². The Bertz CT molecular complexity index is 385. The van der Waals surface area contributed by atoms with E-state index in [4.69, 9.17) is 5.11 Å². The van der Waals surface area contributed by atoms with E-state index in [-0.39, 0.29) is 18.0 Å². The molecule has 0 aromatic heterocycles. The number of sulfonamides is 1. The number of aliphatic hydroxyl groups is 1. The van der Waals surface area contributed by atoms with Crippen LogP contribution in [0.25, 0.3) is 0 Å². The second-order valence-corrected chi connectivity index (χ2v) is 4.70. The molecule has 2 N–H and O–H groups in total. The van der Waals surface area contributed by atoms with Gasteiger partial charge in [-0.3, -0.25) is 0 Å². The summed E-state index contributed by atoms with van der Waals surface area (Å²) in [5.41, 5.74) is 1.01. The van der Waals surface area contributed by atoms with Gasteiger partial charge >= 0.3 is 0 Å². The Labute approximate surface area is 111 Å². The van der Waals surface area contributed by atoms with Crippen molar-refractivity contribution in [1.82, 2.24) is 4.72 Å². The monoisotopic (exact) mass is 275 g/mol. The zero-order chi connectivity index (χ0) is 14.6. The van der Waals surface area contributed by atoms with Gasteiger partial charge in [0.25, 0.3) is 0 Å². The number of hydrogen-bond acceptors (Lipinski definition) is 3. The molecular formula is C13H25NO3S. The molecule has 0 saturated heterocycles. The van der Waals surface area contributed by atoms with Crippen LogP contribution in [-0.4, -0.2) is 26.7 Å². The van der Waals surface area contributed by atoms with Crippen molar-refractivity contribution in [2.75, 3.05) is 13.2 Å². The minimum Gasteiger partial charge on any atom is -0.395 e. The van der Waals surface area contributed by atoms with Gasteiger partial charge in [-0.05, 0) is 19.1 Å². The molecule has 0 saturated carbocycles. The molecule has 0 heterocycles. The Hall–Kier alpha value is -0.910. The molecule has 0 atom stereocenters. The van der Waals surface area contributed by atoms with Gasteiger partial charge in [0, 0.05) is 6.54 Å². The Balaban J connectivity index is 0. The normalized spacial score (nSPS) is 9.67. The summed E-state index contributed by atoms with van der Waals surface area (Å²) >= 11 is 0. The van der Waals surface area contributed by atoms with E-state index >= 15 is 0 Å². The average molecular weight is 275 g/mol. The SMILES string of the molecule is CC.CC.Cc1ccc(S(=O)(=O)NCCO)cc1. The van der Waals surface area contributed by atoms with Gasteiger partial charge in [-0.1, -0.05) is 45.4 Å². The van der Waals surface area contributed by atoms with Crippen LogP contribution in [0.1, 0.15) is 33.3 Å². The molecule has 0 bridgehead atoms. The van der Waals surface area contributed by atoms with E-state index in [1.807, 2.05) is 34.6 Å². The maximum Gasteiger partial charge on any atom is 0.240 e. The van der Waals surface area contributed by atoms with Crippen LogP contribution in [0.15, 0.2) is 29.2 Å². The van der Waals surface area contributed by atoms with Crippen molar-refractivity contribution in [2.24, 2.45) is 0 Å². The molecule has 0 radical (unpaired) electrons. The summed E-state index contributed by atoms with van der Waals surface area (Å²) < 4.78 is 25.2. The first-order valence-corrected chi connectivity index (χ1v) is 7.72. The molecule has 1 aromatic carbocycles. The first-order valence-electron chi connectivity index (χ1n) is 6.23. The van der Waals surface area contributed by atoms with E-state index in [2.05, 4.69) is 4.72 Å². The second kappa shape index (κ2) is 11.2. The number of hydrogen-bond donors (Lipinski definition) is 2. The van der Waals surface area contributed by atoms with Crippen LogP contribution in [0, 0.1) is 6.92 Å². The largest absolute Gasteiger partial charge is 0.395 e. The summed E-state index contributed by atoms with van der Waals surface area (Å²) in [5.74, 6) is 0. The molecule has 0 aliphatic carbocycles. The van der Waals surface area contributed by atoms with Gasteiger partial charge in [-0.2, -0.15) is 0 Å². The van der Waals surface area contributed by atoms with Crippen LogP contribution in [0.3, 0.4) is 0 Å². The lowest BCUT2D eigenvalue weighted by atomic mass is 10.2. The molecular weight excluding hydrogens is 250 g/mol. The summed E-state index contributed by atoms with van der Waals surface area (Å²) in [7, 11) is -3.45. The quantitative estimate of drug-likeness (QED) is 0.886. The minimum atomic E-state index is -3.45. The summed E-state index contributed by atoms with van der Waals surface area (Å²) in [6.07, 6.45) is 0. The highest BCUT2D eigenvalue weighted by Crippen LogP contribution is 2.09. The molecule has 106 valence electrons. The first kappa shape index (κ1) is 19.4. The van der Waals surface area contributed by atoms with Crippen molar-refractivity contribution >= 4 is 10.0 Å². The van der Waals surface area contributed by atoms with Gasteiger partial charge in [-0.15, -0.1) is 0 Å². The van der Waals surface area contributed by atoms with Crippen LogP contribution in [0.4, 0.5) is 0 Å². The van der Waals surface area contributed by atoms with Crippen molar-refractivity contribution in [3.8, 4) is 0 Å². The van der Waals surface area contributed by atoms with Crippen LogP contribution in [0.5, 0.6) is 0 Å². The number of aryl methyl sites for hydroxylation is 1. The average Bonchev–Trinajstić information content (AvgIpc) is 2.41. The molecule has 1 rings (SSSR count). The number of aliphatic hydroxyl groups excluding tert-OH is 1. The van der Waals surface area contributed by atoms with E-state index < -0.39 is 10.0 Å². The third kappa shape index (κ3) is 7.42. The van der Waals surface area contributed by atoms with Crippen LogP contribution in [0.2, 0.25) is 0 Å². The molecule has 0 aliphatic heterocycles. The third-order valence-electron chi connectivity index (χ3n) is 1.74. The molecule has 0 fully saturated rings. The van der Waals surface area contributed by atoms with Gasteiger partial charge < -0.3 is 5.11 Å². The molecule has 18 heavy (non-hydrogen) atoms. The van der Waals surface area contributed by atoms with Gasteiger partial charge in [0.2, 0.25) is 10.0 Å². The highest BCUT2D eigenvalue weighted by atomic mass is 32.2. The van der Waals surface area contributed by atoms with E-state index in [9.17, 15) is 8.42 Å². The fraction of sp³-hybridized carbons (Fsp3) is 0.538. The van der Waals surface area contributed by atoms with Crippen molar-refractivity contribution < 1.29 is 13.5 Å². The van der Waals surface area contributed by atoms with Crippen molar-refractivity contribution in [3.05, 3.63) is 29.8 Å². The van der Waals surface area contributed by atoms with E-state index in [1.165, 1.54) is 12.1 Å². The fourth-order valence-electron chi connectivity index (χ4n) is 0.981. The topological polar surface area (TPSA) is 66.4 Å². The summed E-state index contributed by atoms with van der Waals surface area (Å²) in [6, 6.07) is 6.53. The molecule has 0 aliphatic rings. The van der Waals surface area contributed by atoms with Gasteiger partial charge in [-0.25, -0.2) is 13.1 Å². The fourth-order valence-corrected chi connectivity index (χ4v) is 2.00. The molecule has 1 aromatic rings. The van der Waals surface area contributed by atoms with E-state index in [0.717, 1.165) is 5.56 Å². The maximum atomic E-state index is 11.5. The maximum absolute atomic E-state index is 11.5. The molecule has 0 unspecified atom stereocenters. The predicted octanol–water partition coefficient (Wildman–Crippen LogP) is 2.32. The zero-order valence-corrected chi connectivity index (χ0v) is 12.7. The molecule has 5 heteroatoms. The number of nitrogens with one attached hydrogen (secondary N) is 1. The Morgan fingerprint density at radius 3 is 1.89 bits per heavy atom. The zero-order valence-electron chi connectivity index (χ0n) is 11.9. The molecule has 0 amide bonds. The van der Waals surface area contributed by atoms with Gasteiger partial charge in [0.15, 0.2) is 0 Å². The standard InChI is InChI=1S/C9H13NO3S.2C2H6/c1-8-2-4-9(5-3-8)14(12,13)10-6-7-11;2*1-2/h2-5,10-11H,6-7H2,1H3;2*1-2H3. The van der Waals surface area contributed by atoms with E-state index in [1.54, 1.807) is 12.1 Å². The molecule has 4 nitrogen and oxygen atoms in total. The van der Waals surface area contributed by atoms with Crippen molar-refractivity contribution in [3.63, 3.8) is 0 Å². The van der Waals surface area contributed by atoms with Gasteiger partial charge in [0.05, 0.1) is 11.5 Å².